The lowest BCUT2D eigenvalue weighted by Gasteiger charge is -2.07. The van der Waals surface area contributed by atoms with Gasteiger partial charge in [0.2, 0.25) is 0 Å². The summed E-state index contributed by atoms with van der Waals surface area (Å²) in [6.45, 7) is 0.185. The molecular formula is C19H13NO3. The van der Waals surface area contributed by atoms with Crippen LogP contribution in [-0.2, 0) is 11.3 Å². The predicted octanol–water partition coefficient (Wildman–Crippen LogP) is 4.18. The summed E-state index contributed by atoms with van der Waals surface area (Å²) in [5.74, 6) is -0.419. The maximum absolute atomic E-state index is 11.7. The Bertz CT molecular complexity index is 843. The van der Waals surface area contributed by atoms with E-state index in [1.165, 1.54) is 12.5 Å². The minimum absolute atomic E-state index is 0.185. The van der Waals surface area contributed by atoms with Crippen LogP contribution in [0, 0.1) is 11.3 Å². The van der Waals surface area contributed by atoms with Gasteiger partial charge in [0.1, 0.15) is 12.9 Å². The zero-order chi connectivity index (χ0) is 16.1. The Hall–Kier alpha value is -3.32. The van der Waals surface area contributed by atoms with Crippen molar-refractivity contribution in [3.63, 3.8) is 0 Å². The average molecular weight is 303 g/mol. The summed E-state index contributed by atoms with van der Waals surface area (Å²) in [6, 6.07) is 18.8. The van der Waals surface area contributed by atoms with Gasteiger partial charge in [-0.05, 0) is 28.8 Å². The Balaban J connectivity index is 1.70. The predicted molar refractivity (Wildman–Crippen MR) is 84.4 cm³/mol. The monoisotopic (exact) mass is 303 g/mol. The topological polar surface area (TPSA) is 63.2 Å². The highest BCUT2D eigenvalue weighted by Gasteiger charge is 2.09. The lowest BCUT2D eigenvalue weighted by atomic mass is 9.99. The number of hydrogen-bond acceptors (Lipinski definition) is 4. The summed E-state index contributed by atoms with van der Waals surface area (Å²) in [7, 11) is 0. The molecule has 4 heteroatoms. The smallest absolute Gasteiger partial charge is 0.341 e. The first kappa shape index (κ1) is 14.6. The van der Waals surface area contributed by atoms with Crippen molar-refractivity contribution in [3.8, 4) is 17.2 Å². The fourth-order valence-corrected chi connectivity index (χ4v) is 2.23. The van der Waals surface area contributed by atoms with Crippen LogP contribution in [0.1, 0.15) is 21.5 Å². The third-order valence-electron chi connectivity index (χ3n) is 3.44. The number of rotatable bonds is 4. The molecule has 0 aliphatic heterocycles. The molecule has 3 rings (SSSR count). The number of nitriles is 1. The SMILES string of the molecule is N#Cc1ccccc1-c1ccc(COC(=O)c2ccoc2)cc1. The largest absolute Gasteiger partial charge is 0.472 e. The van der Waals surface area contributed by atoms with E-state index in [0.29, 0.717) is 11.1 Å². The molecule has 0 amide bonds. The van der Waals surface area contributed by atoms with Crippen molar-refractivity contribution >= 4 is 5.97 Å². The van der Waals surface area contributed by atoms with Crippen LogP contribution in [0.3, 0.4) is 0 Å². The van der Waals surface area contributed by atoms with E-state index in [2.05, 4.69) is 6.07 Å². The molecule has 0 atom stereocenters. The summed E-state index contributed by atoms with van der Waals surface area (Å²) >= 11 is 0. The molecule has 1 heterocycles. The van der Waals surface area contributed by atoms with Gasteiger partial charge in [-0.25, -0.2) is 4.79 Å². The number of furan rings is 1. The lowest BCUT2D eigenvalue weighted by Crippen LogP contribution is -2.03. The number of carbonyl (C=O) groups is 1. The van der Waals surface area contributed by atoms with Gasteiger partial charge in [-0.1, -0.05) is 42.5 Å². The van der Waals surface area contributed by atoms with Crippen LogP contribution >= 0.6 is 0 Å². The van der Waals surface area contributed by atoms with Crippen molar-refractivity contribution in [2.45, 2.75) is 6.61 Å². The molecule has 0 radical (unpaired) electrons. The standard InChI is InChI=1S/C19H13NO3/c20-11-16-3-1-2-4-18(16)15-7-5-14(6-8-15)12-23-19(21)17-9-10-22-13-17/h1-10,13H,12H2. The Morgan fingerprint density at radius 1 is 1.09 bits per heavy atom. The van der Waals surface area contributed by atoms with Crippen LogP contribution in [0.2, 0.25) is 0 Å². The molecule has 4 nitrogen and oxygen atoms in total. The zero-order valence-electron chi connectivity index (χ0n) is 12.2. The number of benzene rings is 2. The Kier molecular flexibility index (Phi) is 4.21. The maximum atomic E-state index is 11.7. The van der Waals surface area contributed by atoms with Gasteiger partial charge in [0.05, 0.1) is 23.5 Å². The van der Waals surface area contributed by atoms with Gasteiger partial charge in [-0.3, -0.25) is 0 Å². The summed E-state index contributed by atoms with van der Waals surface area (Å²) in [4.78, 5) is 11.7. The third kappa shape index (κ3) is 3.30. The maximum Gasteiger partial charge on any atom is 0.341 e. The second-order valence-corrected chi connectivity index (χ2v) is 4.94. The fourth-order valence-electron chi connectivity index (χ4n) is 2.23. The molecule has 3 aromatic rings. The summed E-state index contributed by atoms with van der Waals surface area (Å²) in [6.07, 6.45) is 2.78. The number of esters is 1. The van der Waals surface area contributed by atoms with E-state index >= 15 is 0 Å². The minimum Gasteiger partial charge on any atom is -0.472 e. The van der Waals surface area contributed by atoms with E-state index in [4.69, 9.17) is 14.4 Å². The molecule has 1 aromatic heterocycles. The normalized spacial score (nSPS) is 10.0. The van der Waals surface area contributed by atoms with Crippen molar-refractivity contribution < 1.29 is 13.9 Å². The van der Waals surface area contributed by atoms with Crippen molar-refractivity contribution in [2.24, 2.45) is 0 Å². The third-order valence-corrected chi connectivity index (χ3v) is 3.44. The van der Waals surface area contributed by atoms with E-state index < -0.39 is 5.97 Å². The van der Waals surface area contributed by atoms with Crippen LogP contribution < -0.4 is 0 Å². The van der Waals surface area contributed by atoms with Gasteiger partial charge in [-0.15, -0.1) is 0 Å². The number of carbonyl (C=O) groups excluding carboxylic acids is 1. The van der Waals surface area contributed by atoms with E-state index in [0.717, 1.165) is 16.7 Å². The Morgan fingerprint density at radius 3 is 2.57 bits per heavy atom. The zero-order valence-corrected chi connectivity index (χ0v) is 12.2. The van der Waals surface area contributed by atoms with Crippen molar-refractivity contribution in [2.75, 3.05) is 0 Å². The molecule has 0 unspecified atom stereocenters. The average Bonchev–Trinajstić information content (AvgIpc) is 3.15. The van der Waals surface area contributed by atoms with Gasteiger partial charge < -0.3 is 9.15 Å². The molecule has 0 aliphatic carbocycles. The number of nitrogens with zero attached hydrogens (tertiary/aromatic N) is 1. The highest BCUT2D eigenvalue weighted by atomic mass is 16.5. The molecular weight excluding hydrogens is 290 g/mol. The van der Waals surface area contributed by atoms with Crippen LogP contribution in [-0.4, -0.2) is 5.97 Å². The van der Waals surface area contributed by atoms with Gasteiger partial charge in [0.15, 0.2) is 0 Å². The molecule has 0 N–H and O–H groups in total. The highest BCUT2D eigenvalue weighted by Crippen LogP contribution is 2.23. The second-order valence-electron chi connectivity index (χ2n) is 4.94. The van der Waals surface area contributed by atoms with Crippen molar-refractivity contribution in [1.29, 1.82) is 5.26 Å². The highest BCUT2D eigenvalue weighted by molar-refractivity contribution is 5.88. The molecule has 23 heavy (non-hydrogen) atoms. The molecule has 0 saturated heterocycles. The quantitative estimate of drug-likeness (QED) is 0.678. The van der Waals surface area contributed by atoms with E-state index in [1.54, 1.807) is 12.1 Å². The Labute approximate surface area is 133 Å². The minimum atomic E-state index is -0.419. The number of hydrogen-bond donors (Lipinski definition) is 0. The van der Waals surface area contributed by atoms with Crippen molar-refractivity contribution in [1.82, 2.24) is 0 Å². The molecule has 0 bridgehead atoms. The van der Waals surface area contributed by atoms with Crippen molar-refractivity contribution in [3.05, 3.63) is 83.8 Å². The molecule has 0 aliphatic rings. The molecule has 0 spiro atoms. The fraction of sp³-hybridized carbons (Fsp3) is 0.0526. The van der Waals surface area contributed by atoms with Gasteiger partial charge in [0.25, 0.3) is 0 Å². The second kappa shape index (κ2) is 6.63. The van der Waals surface area contributed by atoms with Crippen LogP contribution in [0.4, 0.5) is 0 Å². The van der Waals surface area contributed by atoms with Crippen LogP contribution in [0.15, 0.2) is 71.5 Å². The summed E-state index contributed by atoms with van der Waals surface area (Å²) in [5, 5.41) is 9.15. The van der Waals surface area contributed by atoms with Gasteiger partial charge in [0, 0.05) is 0 Å². The van der Waals surface area contributed by atoms with Gasteiger partial charge in [-0.2, -0.15) is 5.26 Å². The van der Waals surface area contributed by atoms with E-state index in [9.17, 15) is 4.79 Å². The molecule has 0 fully saturated rings. The summed E-state index contributed by atoms with van der Waals surface area (Å²) in [5.41, 5.74) is 3.74. The van der Waals surface area contributed by atoms with E-state index in [1.807, 2.05) is 42.5 Å². The first-order valence-corrected chi connectivity index (χ1v) is 7.05. The first-order valence-electron chi connectivity index (χ1n) is 7.05. The Morgan fingerprint density at radius 2 is 1.87 bits per heavy atom. The molecule has 0 saturated carbocycles. The van der Waals surface area contributed by atoms with Gasteiger partial charge >= 0.3 is 5.97 Å². The first-order chi connectivity index (χ1) is 11.3. The van der Waals surface area contributed by atoms with Crippen LogP contribution in [0.25, 0.3) is 11.1 Å². The summed E-state index contributed by atoms with van der Waals surface area (Å²) < 4.78 is 10.1. The lowest BCUT2D eigenvalue weighted by molar-refractivity contribution is 0.0472. The van der Waals surface area contributed by atoms with E-state index in [-0.39, 0.29) is 6.61 Å². The molecule has 2 aromatic carbocycles. The molecule has 112 valence electrons. The van der Waals surface area contributed by atoms with Crippen LogP contribution in [0.5, 0.6) is 0 Å². The number of ether oxygens (including phenoxy) is 1.